The minimum atomic E-state index is -0.156. The lowest BCUT2D eigenvalue weighted by atomic mass is 10.1. The minimum Gasteiger partial charge on any atom is -0.492 e. The Morgan fingerprint density at radius 1 is 0.957 bits per heavy atom. The monoisotopic (exact) mass is 313 g/mol. The summed E-state index contributed by atoms with van der Waals surface area (Å²) in [6.45, 7) is 6.96. The summed E-state index contributed by atoms with van der Waals surface area (Å²) in [5, 5.41) is 2.77. The maximum atomic E-state index is 11.7. The molecule has 0 aliphatic heterocycles. The molecule has 122 valence electrons. The van der Waals surface area contributed by atoms with Gasteiger partial charge in [-0.05, 0) is 61.7 Å². The van der Waals surface area contributed by atoms with Gasteiger partial charge in [0.2, 0.25) is 0 Å². The Labute approximate surface area is 137 Å². The van der Waals surface area contributed by atoms with Crippen LogP contribution in [-0.2, 0) is 4.79 Å². The van der Waals surface area contributed by atoms with Crippen LogP contribution >= 0.6 is 0 Å². The lowest BCUT2D eigenvalue weighted by Gasteiger charge is -2.10. The van der Waals surface area contributed by atoms with E-state index in [-0.39, 0.29) is 12.5 Å². The molecule has 0 aromatic heterocycles. The standard InChI is InChI=1S/C19H23NO3/c1-14-5-4-6-17(11-14)22-10-9-20-19(21)13-23-18-8-7-15(2)16(3)12-18/h4-8,11-12H,9-10,13H2,1-3H3,(H,20,21). The normalized spacial score (nSPS) is 10.2. The zero-order chi connectivity index (χ0) is 16.7. The first-order valence-electron chi connectivity index (χ1n) is 7.71. The fraction of sp³-hybridized carbons (Fsp3) is 0.316. The van der Waals surface area contributed by atoms with E-state index in [1.165, 1.54) is 5.56 Å². The van der Waals surface area contributed by atoms with Crippen LogP contribution in [0, 0.1) is 20.8 Å². The summed E-state index contributed by atoms with van der Waals surface area (Å²) in [5.74, 6) is 1.36. The number of carbonyl (C=O) groups is 1. The van der Waals surface area contributed by atoms with Crippen LogP contribution < -0.4 is 14.8 Å². The molecule has 0 fully saturated rings. The number of carbonyl (C=O) groups excluding carboxylic acids is 1. The Morgan fingerprint density at radius 2 is 1.74 bits per heavy atom. The number of nitrogens with one attached hydrogen (secondary N) is 1. The number of aryl methyl sites for hydroxylation is 3. The van der Waals surface area contributed by atoms with E-state index in [2.05, 4.69) is 5.32 Å². The van der Waals surface area contributed by atoms with Crippen molar-refractivity contribution in [3.63, 3.8) is 0 Å². The molecule has 0 radical (unpaired) electrons. The Bertz CT molecular complexity index is 667. The second-order valence-corrected chi connectivity index (χ2v) is 5.55. The molecule has 0 aliphatic rings. The van der Waals surface area contributed by atoms with Crippen LogP contribution in [0.4, 0.5) is 0 Å². The molecule has 0 heterocycles. The number of rotatable bonds is 7. The predicted molar refractivity (Wildman–Crippen MR) is 91.1 cm³/mol. The maximum Gasteiger partial charge on any atom is 0.258 e. The van der Waals surface area contributed by atoms with Crippen molar-refractivity contribution in [3.8, 4) is 11.5 Å². The van der Waals surface area contributed by atoms with Crippen LogP contribution in [0.15, 0.2) is 42.5 Å². The number of hydrogen-bond donors (Lipinski definition) is 1. The van der Waals surface area contributed by atoms with Gasteiger partial charge in [0.15, 0.2) is 6.61 Å². The Morgan fingerprint density at radius 3 is 2.48 bits per heavy atom. The molecule has 1 N–H and O–H groups in total. The van der Waals surface area contributed by atoms with Crippen molar-refractivity contribution in [1.29, 1.82) is 0 Å². The average Bonchev–Trinajstić information content (AvgIpc) is 2.53. The van der Waals surface area contributed by atoms with Gasteiger partial charge in [-0.25, -0.2) is 0 Å². The summed E-state index contributed by atoms with van der Waals surface area (Å²) in [6, 6.07) is 13.6. The molecule has 0 spiro atoms. The van der Waals surface area contributed by atoms with Crippen molar-refractivity contribution < 1.29 is 14.3 Å². The number of ether oxygens (including phenoxy) is 2. The largest absolute Gasteiger partial charge is 0.492 e. The fourth-order valence-corrected chi connectivity index (χ4v) is 2.07. The topological polar surface area (TPSA) is 47.6 Å². The summed E-state index contributed by atoms with van der Waals surface area (Å²) >= 11 is 0. The number of amides is 1. The minimum absolute atomic E-state index is 0.00689. The summed E-state index contributed by atoms with van der Waals surface area (Å²) in [6.07, 6.45) is 0. The lowest BCUT2D eigenvalue weighted by Crippen LogP contribution is -2.32. The van der Waals surface area contributed by atoms with Gasteiger partial charge >= 0.3 is 0 Å². The van der Waals surface area contributed by atoms with Gasteiger partial charge < -0.3 is 14.8 Å². The third kappa shape index (κ3) is 5.66. The van der Waals surface area contributed by atoms with Crippen molar-refractivity contribution in [2.24, 2.45) is 0 Å². The highest BCUT2D eigenvalue weighted by molar-refractivity contribution is 5.77. The average molecular weight is 313 g/mol. The second kappa shape index (κ2) is 8.22. The third-order valence-electron chi connectivity index (χ3n) is 3.53. The zero-order valence-corrected chi connectivity index (χ0v) is 13.9. The van der Waals surface area contributed by atoms with Crippen LogP contribution in [-0.4, -0.2) is 25.7 Å². The molecular weight excluding hydrogens is 290 g/mol. The first-order valence-corrected chi connectivity index (χ1v) is 7.71. The molecule has 4 nitrogen and oxygen atoms in total. The van der Waals surface area contributed by atoms with Gasteiger partial charge in [0.25, 0.3) is 5.91 Å². The van der Waals surface area contributed by atoms with E-state index in [9.17, 15) is 4.79 Å². The molecule has 2 aromatic carbocycles. The molecule has 0 unspecified atom stereocenters. The van der Waals surface area contributed by atoms with Gasteiger partial charge in [0, 0.05) is 0 Å². The summed E-state index contributed by atoms with van der Waals surface area (Å²) in [7, 11) is 0. The highest BCUT2D eigenvalue weighted by Gasteiger charge is 2.03. The van der Waals surface area contributed by atoms with E-state index < -0.39 is 0 Å². The predicted octanol–water partition coefficient (Wildman–Crippen LogP) is 3.19. The molecule has 0 atom stereocenters. The Balaban J connectivity index is 1.66. The molecule has 23 heavy (non-hydrogen) atoms. The van der Waals surface area contributed by atoms with E-state index >= 15 is 0 Å². The second-order valence-electron chi connectivity index (χ2n) is 5.55. The molecule has 4 heteroatoms. The SMILES string of the molecule is Cc1cccc(OCCNC(=O)COc2ccc(C)c(C)c2)c1. The maximum absolute atomic E-state index is 11.7. The summed E-state index contributed by atoms with van der Waals surface area (Å²) < 4.78 is 11.1. The molecule has 2 rings (SSSR count). The first-order chi connectivity index (χ1) is 11.0. The van der Waals surface area contributed by atoms with Crippen molar-refractivity contribution in [3.05, 3.63) is 59.2 Å². The van der Waals surface area contributed by atoms with Crippen molar-refractivity contribution in [2.75, 3.05) is 19.8 Å². The van der Waals surface area contributed by atoms with Gasteiger partial charge in [-0.3, -0.25) is 4.79 Å². The molecular formula is C19H23NO3. The van der Waals surface area contributed by atoms with Gasteiger partial charge in [0.1, 0.15) is 18.1 Å². The van der Waals surface area contributed by atoms with Gasteiger partial charge in [0.05, 0.1) is 6.54 Å². The van der Waals surface area contributed by atoms with Crippen LogP contribution in [0.2, 0.25) is 0 Å². The fourth-order valence-electron chi connectivity index (χ4n) is 2.07. The highest BCUT2D eigenvalue weighted by Crippen LogP contribution is 2.16. The van der Waals surface area contributed by atoms with Crippen molar-refractivity contribution >= 4 is 5.91 Å². The molecule has 0 saturated heterocycles. The summed E-state index contributed by atoms with van der Waals surface area (Å²) in [4.78, 5) is 11.7. The smallest absolute Gasteiger partial charge is 0.258 e. The Hall–Kier alpha value is -2.49. The van der Waals surface area contributed by atoms with Crippen LogP contribution in [0.1, 0.15) is 16.7 Å². The van der Waals surface area contributed by atoms with E-state index in [4.69, 9.17) is 9.47 Å². The lowest BCUT2D eigenvalue weighted by molar-refractivity contribution is -0.123. The summed E-state index contributed by atoms with van der Waals surface area (Å²) in [5.41, 5.74) is 3.50. The van der Waals surface area contributed by atoms with Crippen LogP contribution in [0.5, 0.6) is 11.5 Å². The van der Waals surface area contributed by atoms with Crippen molar-refractivity contribution in [2.45, 2.75) is 20.8 Å². The van der Waals surface area contributed by atoms with Gasteiger partial charge in [-0.2, -0.15) is 0 Å². The quantitative estimate of drug-likeness (QED) is 0.799. The molecule has 0 bridgehead atoms. The van der Waals surface area contributed by atoms with E-state index in [1.54, 1.807) is 0 Å². The number of benzene rings is 2. The van der Waals surface area contributed by atoms with E-state index in [0.717, 1.165) is 16.9 Å². The van der Waals surface area contributed by atoms with Crippen LogP contribution in [0.3, 0.4) is 0 Å². The van der Waals surface area contributed by atoms with Gasteiger partial charge in [-0.1, -0.05) is 18.2 Å². The van der Waals surface area contributed by atoms with Crippen LogP contribution in [0.25, 0.3) is 0 Å². The molecule has 0 saturated carbocycles. The van der Waals surface area contributed by atoms with Gasteiger partial charge in [-0.15, -0.1) is 0 Å². The van der Waals surface area contributed by atoms with E-state index in [0.29, 0.717) is 18.9 Å². The zero-order valence-electron chi connectivity index (χ0n) is 13.9. The third-order valence-corrected chi connectivity index (χ3v) is 3.53. The molecule has 1 amide bonds. The molecule has 2 aromatic rings. The van der Waals surface area contributed by atoms with E-state index in [1.807, 2.05) is 63.2 Å². The highest BCUT2D eigenvalue weighted by atomic mass is 16.5. The Kier molecular flexibility index (Phi) is 6.03. The molecule has 0 aliphatic carbocycles. The number of hydrogen-bond acceptors (Lipinski definition) is 3. The van der Waals surface area contributed by atoms with Crippen molar-refractivity contribution in [1.82, 2.24) is 5.32 Å². The first kappa shape index (κ1) is 16.9.